The van der Waals surface area contributed by atoms with Gasteiger partial charge < -0.3 is 14.8 Å². The zero-order valence-electron chi connectivity index (χ0n) is 17.4. The predicted octanol–water partition coefficient (Wildman–Crippen LogP) is 3.66. The molecule has 1 fully saturated rings. The van der Waals surface area contributed by atoms with Gasteiger partial charge >= 0.3 is 0 Å². The normalized spacial score (nSPS) is 19.6. The molecule has 3 atom stereocenters. The van der Waals surface area contributed by atoms with Crippen molar-refractivity contribution in [2.45, 2.75) is 51.2 Å². The van der Waals surface area contributed by atoms with E-state index in [-0.39, 0.29) is 24.0 Å². The molecular formula is C23H31N3O3. The highest BCUT2D eigenvalue weighted by Gasteiger charge is 2.30. The number of hydrogen-bond acceptors (Lipinski definition) is 5. The SMILES string of the molecule is CCCCOc1ccc(C2CC(C(=O)NC(C)c3ccc(OC)cc3)NN2)cc1. The number of nitrogens with one attached hydrogen (secondary N) is 3. The summed E-state index contributed by atoms with van der Waals surface area (Å²) >= 11 is 0. The molecule has 0 saturated carbocycles. The topological polar surface area (TPSA) is 71.6 Å². The van der Waals surface area contributed by atoms with Gasteiger partial charge in [-0.3, -0.25) is 4.79 Å². The van der Waals surface area contributed by atoms with Gasteiger partial charge in [0.15, 0.2) is 0 Å². The number of amides is 1. The van der Waals surface area contributed by atoms with E-state index in [0.29, 0.717) is 6.42 Å². The molecule has 3 rings (SSSR count). The van der Waals surface area contributed by atoms with E-state index in [4.69, 9.17) is 9.47 Å². The third-order valence-electron chi connectivity index (χ3n) is 5.24. The Hall–Kier alpha value is -2.57. The number of hydrazine groups is 1. The zero-order valence-corrected chi connectivity index (χ0v) is 17.4. The van der Waals surface area contributed by atoms with Crippen molar-refractivity contribution >= 4 is 5.91 Å². The largest absolute Gasteiger partial charge is 0.497 e. The molecule has 1 saturated heterocycles. The maximum absolute atomic E-state index is 12.7. The van der Waals surface area contributed by atoms with Gasteiger partial charge in [-0.1, -0.05) is 37.6 Å². The molecule has 6 nitrogen and oxygen atoms in total. The molecule has 3 N–H and O–H groups in total. The Morgan fingerprint density at radius 1 is 1.10 bits per heavy atom. The molecule has 0 aromatic heterocycles. The van der Waals surface area contributed by atoms with E-state index in [1.165, 1.54) is 0 Å². The van der Waals surface area contributed by atoms with Crippen LogP contribution in [0.15, 0.2) is 48.5 Å². The summed E-state index contributed by atoms with van der Waals surface area (Å²) in [6.45, 7) is 4.88. The van der Waals surface area contributed by atoms with Crippen LogP contribution in [-0.4, -0.2) is 25.7 Å². The minimum Gasteiger partial charge on any atom is -0.497 e. The Labute approximate surface area is 173 Å². The van der Waals surface area contributed by atoms with Crippen LogP contribution in [0.3, 0.4) is 0 Å². The summed E-state index contributed by atoms with van der Waals surface area (Å²) in [4.78, 5) is 12.7. The quantitative estimate of drug-likeness (QED) is 0.563. The van der Waals surface area contributed by atoms with Gasteiger partial charge in [-0.15, -0.1) is 0 Å². The predicted molar refractivity (Wildman–Crippen MR) is 114 cm³/mol. The fraction of sp³-hybridized carbons (Fsp3) is 0.435. The van der Waals surface area contributed by atoms with Crippen LogP contribution in [0.2, 0.25) is 0 Å². The van der Waals surface area contributed by atoms with Crippen molar-refractivity contribution in [1.82, 2.24) is 16.2 Å². The van der Waals surface area contributed by atoms with Crippen LogP contribution in [0.1, 0.15) is 56.3 Å². The van der Waals surface area contributed by atoms with Crippen LogP contribution in [0.4, 0.5) is 0 Å². The number of ether oxygens (including phenoxy) is 2. The van der Waals surface area contributed by atoms with Gasteiger partial charge in [0.25, 0.3) is 0 Å². The van der Waals surface area contributed by atoms with Crippen molar-refractivity contribution in [3.8, 4) is 11.5 Å². The second-order valence-corrected chi connectivity index (χ2v) is 7.40. The molecule has 6 heteroatoms. The first-order chi connectivity index (χ1) is 14.1. The molecule has 0 spiro atoms. The summed E-state index contributed by atoms with van der Waals surface area (Å²) < 4.78 is 10.9. The lowest BCUT2D eigenvalue weighted by Gasteiger charge is -2.17. The minimum absolute atomic E-state index is 0.0113. The van der Waals surface area contributed by atoms with Gasteiger partial charge in [0, 0.05) is 6.04 Å². The Balaban J connectivity index is 1.51. The van der Waals surface area contributed by atoms with E-state index in [9.17, 15) is 4.79 Å². The summed E-state index contributed by atoms with van der Waals surface area (Å²) in [5.41, 5.74) is 8.54. The number of benzene rings is 2. The fourth-order valence-electron chi connectivity index (χ4n) is 3.37. The Morgan fingerprint density at radius 3 is 2.45 bits per heavy atom. The van der Waals surface area contributed by atoms with E-state index in [0.717, 1.165) is 42.1 Å². The van der Waals surface area contributed by atoms with Crippen molar-refractivity contribution in [3.63, 3.8) is 0 Å². The Morgan fingerprint density at radius 2 is 1.79 bits per heavy atom. The van der Waals surface area contributed by atoms with Gasteiger partial charge in [0.05, 0.1) is 19.8 Å². The van der Waals surface area contributed by atoms with Crippen LogP contribution in [0.5, 0.6) is 11.5 Å². The number of hydrogen-bond donors (Lipinski definition) is 3. The smallest absolute Gasteiger partial charge is 0.239 e. The second kappa shape index (κ2) is 10.3. The molecule has 2 aromatic carbocycles. The van der Waals surface area contributed by atoms with E-state index >= 15 is 0 Å². The van der Waals surface area contributed by atoms with E-state index in [2.05, 4.69) is 35.2 Å². The van der Waals surface area contributed by atoms with Crippen LogP contribution >= 0.6 is 0 Å². The first kappa shape index (κ1) is 21.1. The number of unbranched alkanes of at least 4 members (excludes halogenated alkanes) is 1. The van der Waals surface area contributed by atoms with Crippen LogP contribution in [0.25, 0.3) is 0 Å². The number of carbonyl (C=O) groups is 1. The van der Waals surface area contributed by atoms with Crippen LogP contribution in [0, 0.1) is 0 Å². The van der Waals surface area contributed by atoms with E-state index in [1.807, 2.05) is 43.3 Å². The van der Waals surface area contributed by atoms with Crippen molar-refractivity contribution < 1.29 is 14.3 Å². The molecule has 156 valence electrons. The number of methoxy groups -OCH3 is 1. The fourth-order valence-corrected chi connectivity index (χ4v) is 3.37. The van der Waals surface area contributed by atoms with E-state index < -0.39 is 0 Å². The molecule has 29 heavy (non-hydrogen) atoms. The zero-order chi connectivity index (χ0) is 20.6. The van der Waals surface area contributed by atoms with Crippen molar-refractivity contribution in [2.24, 2.45) is 0 Å². The van der Waals surface area contributed by atoms with Gasteiger partial charge in [-0.2, -0.15) is 0 Å². The standard InChI is InChI=1S/C23H31N3O3/c1-4-5-14-29-20-12-8-18(9-13-20)21-15-22(26-25-21)23(27)24-16(2)17-6-10-19(28-3)11-7-17/h6-13,16,21-22,25-26H,4-5,14-15H2,1-3H3,(H,24,27). The molecule has 1 aliphatic rings. The van der Waals surface area contributed by atoms with E-state index in [1.54, 1.807) is 7.11 Å². The van der Waals surface area contributed by atoms with Gasteiger partial charge in [-0.05, 0) is 55.2 Å². The highest BCUT2D eigenvalue weighted by molar-refractivity contribution is 5.82. The van der Waals surface area contributed by atoms with Crippen LogP contribution < -0.4 is 25.6 Å². The maximum atomic E-state index is 12.7. The average molecular weight is 398 g/mol. The molecule has 1 heterocycles. The van der Waals surface area contributed by atoms with Crippen molar-refractivity contribution in [3.05, 3.63) is 59.7 Å². The average Bonchev–Trinajstić information content (AvgIpc) is 3.25. The summed E-state index contributed by atoms with van der Waals surface area (Å²) in [5, 5.41) is 3.08. The first-order valence-corrected chi connectivity index (χ1v) is 10.3. The number of rotatable bonds is 9. The summed E-state index contributed by atoms with van der Waals surface area (Å²) in [6, 6.07) is 15.6. The lowest BCUT2D eigenvalue weighted by molar-refractivity contribution is -0.123. The Kier molecular flexibility index (Phi) is 7.49. The third-order valence-corrected chi connectivity index (χ3v) is 5.24. The van der Waals surface area contributed by atoms with Crippen molar-refractivity contribution in [1.29, 1.82) is 0 Å². The lowest BCUT2D eigenvalue weighted by Crippen LogP contribution is -2.43. The molecule has 1 amide bonds. The lowest BCUT2D eigenvalue weighted by atomic mass is 10.0. The van der Waals surface area contributed by atoms with Gasteiger partial charge in [-0.25, -0.2) is 10.9 Å². The van der Waals surface area contributed by atoms with Gasteiger partial charge in [0.2, 0.25) is 5.91 Å². The molecular weight excluding hydrogens is 366 g/mol. The molecule has 0 bridgehead atoms. The highest BCUT2D eigenvalue weighted by atomic mass is 16.5. The molecule has 2 aromatic rings. The minimum atomic E-state index is -0.277. The highest BCUT2D eigenvalue weighted by Crippen LogP contribution is 2.25. The summed E-state index contributed by atoms with van der Waals surface area (Å²) in [7, 11) is 1.64. The molecule has 0 aliphatic carbocycles. The summed E-state index contributed by atoms with van der Waals surface area (Å²) in [5.74, 6) is 1.68. The monoisotopic (exact) mass is 397 g/mol. The molecule has 1 aliphatic heterocycles. The van der Waals surface area contributed by atoms with Gasteiger partial charge in [0.1, 0.15) is 17.5 Å². The molecule has 3 unspecified atom stereocenters. The maximum Gasteiger partial charge on any atom is 0.239 e. The van der Waals surface area contributed by atoms with Crippen LogP contribution in [-0.2, 0) is 4.79 Å². The summed E-state index contributed by atoms with van der Waals surface area (Å²) in [6.07, 6.45) is 2.87. The second-order valence-electron chi connectivity index (χ2n) is 7.40. The Bertz CT molecular complexity index is 777. The molecule has 0 radical (unpaired) electrons. The van der Waals surface area contributed by atoms with Crippen molar-refractivity contribution in [2.75, 3.05) is 13.7 Å². The first-order valence-electron chi connectivity index (χ1n) is 10.3. The number of carbonyl (C=O) groups excluding carboxylic acids is 1. The third kappa shape index (κ3) is 5.71.